The first-order chi connectivity index (χ1) is 12.2. The molecule has 26 heavy (non-hydrogen) atoms. The highest BCUT2D eigenvalue weighted by Crippen LogP contribution is 2.55. The summed E-state index contributed by atoms with van der Waals surface area (Å²) in [5, 5.41) is 0. The van der Waals surface area contributed by atoms with Crippen LogP contribution in [0.4, 0.5) is 0 Å². The van der Waals surface area contributed by atoms with Crippen LogP contribution in [0.5, 0.6) is 0 Å². The molecule has 2 aliphatic rings. The number of hydrogen-bond acceptors (Lipinski definition) is 6. The van der Waals surface area contributed by atoms with Crippen LogP contribution in [0.2, 0.25) is 0 Å². The zero-order valence-electron chi connectivity index (χ0n) is 16.6. The summed E-state index contributed by atoms with van der Waals surface area (Å²) >= 11 is 0. The molecule has 6 nitrogen and oxygen atoms in total. The molecule has 0 amide bonds. The van der Waals surface area contributed by atoms with Gasteiger partial charge < -0.3 is 18.9 Å². The molecule has 0 aromatic rings. The van der Waals surface area contributed by atoms with Crippen molar-refractivity contribution < 1.29 is 28.5 Å². The summed E-state index contributed by atoms with van der Waals surface area (Å²) in [7, 11) is 1.39. The van der Waals surface area contributed by atoms with E-state index in [1.54, 1.807) is 0 Å². The van der Waals surface area contributed by atoms with Crippen LogP contribution in [-0.4, -0.2) is 44.2 Å². The van der Waals surface area contributed by atoms with Crippen molar-refractivity contribution in [2.24, 2.45) is 17.3 Å². The summed E-state index contributed by atoms with van der Waals surface area (Å²) in [6, 6.07) is 0. The Kier molecular flexibility index (Phi) is 6.86. The molecule has 1 saturated heterocycles. The van der Waals surface area contributed by atoms with Crippen molar-refractivity contribution in [2.75, 3.05) is 13.7 Å². The van der Waals surface area contributed by atoms with Gasteiger partial charge in [-0.3, -0.25) is 9.59 Å². The fourth-order valence-electron chi connectivity index (χ4n) is 4.54. The Bertz CT molecular complexity index is 544. The van der Waals surface area contributed by atoms with Crippen molar-refractivity contribution in [3.05, 3.63) is 12.2 Å². The Labute approximate surface area is 156 Å². The Morgan fingerprint density at radius 3 is 2.50 bits per heavy atom. The lowest BCUT2D eigenvalue weighted by molar-refractivity contribution is -0.180. The van der Waals surface area contributed by atoms with Crippen molar-refractivity contribution >= 4 is 11.9 Å². The lowest BCUT2D eigenvalue weighted by Gasteiger charge is -2.50. The molecule has 0 spiro atoms. The molecule has 1 unspecified atom stereocenters. The molecule has 1 aliphatic heterocycles. The maximum Gasteiger partial charge on any atom is 0.305 e. The van der Waals surface area contributed by atoms with Gasteiger partial charge in [0.05, 0.1) is 13.2 Å². The highest BCUT2D eigenvalue weighted by Gasteiger charge is 2.58. The van der Waals surface area contributed by atoms with Gasteiger partial charge in [-0.25, -0.2) is 0 Å². The number of esters is 2. The van der Waals surface area contributed by atoms with Gasteiger partial charge in [0.15, 0.2) is 6.29 Å². The van der Waals surface area contributed by atoms with E-state index in [0.717, 1.165) is 12.0 Å². The predicted molar refractivity (Wildman–Crippen MR) is 96.2 cm³/mol. The molecule has 1 saturated carbocycles. The molecule has 2 rings (SSSR count). The molecule has 6 atom stereocenters. The third kappa shape index (κ3) is 4.29. The van der Waals surface area contributed by atoms with Gasteiger partial charge >= 0.3 is 11.9 Å². The van der Waals surface area contributed by atoms with E-state index in [0.29, 0.717) is 19.4 Å². The average molecular weight is 368 g/mol. The first kappa shape index (κ1) is 20.9. The standard InChI is InChI=1S/C20H32O6/c1-7-24-18-11-15-19(26-18)14(12(2)3)10-16(25-13(4)21)20(15,5)9-8-17(22)23-6/h14-16,18-19H,2,7-11H2,1,3-6H3/t14-,15-,16-,18?,19-,20+/m0/s1. The van der Waals surface area contributed by atoms with E-state index in [9.17, 15) is 9.59 Å². The molecule has 6 heteroatoms. The van der Waals surface area contributed by atoms with Crippen LogP contribution in [0, 0.1) is 17.3 Å². The molecular formula is C20H32O6. The molecule has 1 aliphatic carbocycles. The number of carbonyl (C=O) groups is 2. The van der Waals surface area contributed by atoms with E-state index >= 15 is 0 Å². The topological polar surface area (TPSA) is 71.1 Å². The Morgan fingerprint density at radius 1 is 1.27 bits per heavy atom. The first-order valence-electron chi connectivity index (χ1n) is 9.39. The number of rotatable bonds is 7. The number of carbonyl (C=O) groups excluding carboxylic acids is 2. The largest absolute Gasteiger partial charge is 0.469 e. The quantitative estimate of drug-likeness (QED) is 0.507. The third-order valence-corrected chi connectivity index (χ3v) is 5.99. The molecule has 0 radical (unpaired) electrons. The predicted octanol–water partition coefficient (Wildman–Crippen LogP) is 3.24. The van der Waals surface area contributed by atoms with E-state index in [-0.39, 0.29) is 54.1 Å². The van der Waals surface area contributed by atoms with Crippen LogP contribution in [0.1, 0.15) is 53.4 Å². The summed E-state index contributed by atoms with van der Waals surface area (Å²) in [5.41, 5.74) is 0.631. The molecule has 0 aromatic heterocycles. The van der Waals surface area contributed by atoms with Crippen LogP contribution in [-0.2, 0) is 28.5 Å². The molecule has 0 aromatic carbocycles. The lowest BCUT2D eigenvalue weighted by Crippen LogP contribution is -2.53. The van der Waals surface area contributed by atoms with Gasteiger partial charge in [0.25, 0.3) is 0 Å². The van der Waals surface area contributed by atoms with Crippen LogP contribution in [0.15, 0.2) is 12.2 Å². The van der Waals surface area contributed by atoms with Crippen LogP contribution in [0.25, 0.3) is 0 Å². The van der Waals surface area contributed by atoms with Crippen LogP contribution in [0.3, 0.4) is 0 Å². The first-order valence-corrected chi connectivity index (χ1v) is 9.39. The fourth-order valence-corrected chi connectivity index (χ4v) is 4.54. The summed E-state index contributed by atoms with van der Waals surface area (Å²) < 4.78 is 22.5. The number of hydrogen-bond donors (Lipinski definition) is 0. The second-order valence-corrected chi connectivity index (χ2v) is 7.70. The van der Waals surface area contributed by atoms with E-state index in [2.05, 4.69) is 13.5 Å². The number of methoxy groups -OCH3 is 1. The Hall–Kier alpha value is -1.40. The van der Waals surface area contributed by atoms with Gasteiger partial charge in [-0.05, 0) is 32.6 Å². The fraction of sp³-hybridized carbons (Fsp3) is 0.800. The lowest BCUT2D eigenvalue weighted by atomic mass is 9.58. The van der Waals surface area contributed by atoms with Crippen LogP contribution < -0.4 is 0 Å². The van der Waals surface area contributed by atoms with Gasteiger partial charge in [0.2, 0.25) is 0 Å². The van der Waals surface area contributed by atoms with Crippen molar-refractivity contribution in [2.45, 2.75) is 71.9 Å². The van der Waals surface area contributed by atoms with Gasteiger partial charge in [0.1, 0.15) is 6.10 Å². The van der Waals surface area contributed by atoms with Crippen molar-refractivity contribution in [1.82, 2.24) is 0 Å². The van der Waals surface area contributed by atoms with Crippen molar-refractivity contribution in [3.8, 4) is 0 Å². The second kappa shape index (κ2) is 8.53. The maximum absolute atomic E-state index is 11.8. The summed E-state index contributed by atoms with van der Waals surface area (Å²) in [6.07, 6.45) is 1.61. The van der Waals surface area contributed by atoms with Gasteiger partial charge in [-0.1, -0.05) is 19.1 Å². The van der Waals surface area contributed by atoms with Gasteiger partial charge in [-0.15, -0.1) is 0 Å². The minimum Gasteiger partial charge on any atom is -0.469 e. The second-order valence-electron chi connectivity index (χ2n) is 7.70. The van der Waals surface area contributed by atoms with E-state index in [1.165, 1.54) is 14.0 Å². The highest BCUT2D eigenvalue weighted by molar-refractivity contribution is 5.69. The third-order valence-electron chi connectivity index (χ3n) is 5.99. The molecular weight excluding hydrogens is 336 g/mol. The normalized spacial score (nSPS) is 36.3. The molecule has 2 fully saturated rings. The monoisotopic (exact) mass is 368 g/mol. The summed E-state index contributed by atoms with van der Waals surface area (Å²) in [5.74, 6) is -0.352. The molecule has 1 heterocycles. The van der Waals surface area contributed by atoms with E-state index in [4.69, 9.17) is 18.9 Å². The number of fused-ring (bicyclic) bond motifs is 1. The molecule has 0 bridgehead atoms. The smallest absolute Gasteiger partial charge is 0.305 e. The SMILES string of the molecule is C=C(C)[C@@H]1C[C@H](OC(C)=O)[C@](C)(CCC(=O)OC)[C@H]2CC(OCC)O[C@@H]12. The van der Waals surface area contributed by atoms with E-state index < -0.39 is 0 Å². The van der Waals surface area contributed by atoms with Gasteiger partial charge in [0, 0.05) is 37.7 Å². The zero-order chi connectivity index (χ0) is 19.5. The number of ether oxygens (including phenoxy) is 4. The Morgan fingerprint density at radius 2 is 1.96 bits per heavy atom. The maximum atomic E-state index is 11.8. The summed E-state index contributed by atoms with van der Waals surface area (Å²) in [4.78, 5) is 23.5. The van der Waals surface area contributed by atoms with E-state index in [1.807, 2.05) is 13.8 Å². The summed E-state index contributed by atoms with van der Waals surface area (Å²) in [6.45, 7) is 12.2. The van der Waals surface area contributed by atoms with Crippen LogP contribution >= 0.6 is 0 Å². The minimum absolute atomic E-state index is 0.0431. The molecule has 0 N–H and O–H groups in total. The average Bonchev–Trinajstić information content (AvgIpc) is 2.99. The van der Waals surface area contributed by atoms with Crippen molar-refractivity contribution in [1.29, 1.82) is 0 Å². The highest BCUT2D eigenvalue weighted by atomic mass is 16.7. The molecule has 148 valence electrons. The van der Waals surface area contributed by atoms with Gasteiger partial charge in [-0.2, -0.15) is 0 Å². The zero-order valence-corrected chi connectivity index (χ0v) is 16.6. The Balaban J connectivity index is 2.33. The van der Waals surface area contributed by atoms with Crippen molar-refractivity contribution in [3.63, 3.8) is 0 Å². The minimum atomic E-state index is -0.387.